The fourth-order valence-corrected chi connectivity index (χ4v) is 3.24. The second kappa shape index (κ2) is 6.77. The quantitative estimate of drug-likeness (QED) is 0.724. The molecule has 4 atom stereocenters. The van der Waals surface area contributed by atoms with Crippen LogP contribution in [0.3, 0.4) is 0 Å². The molecule has 0 spiro atoms. The monoisotopic (exact) mass is 298 g/mol. The average molecular weight is 298 g/mol. The molecule has 1 rings (SSSR count). The Bertz CT molecular complexity index is 393. The summed E-state index contributed by atoms with van der Waals surface area (Å²) < 4.78 is 0. The van der Waals surface area contributed by atoms with Crippen LogP contribution in [0.1, 0.15) is 53.9 Å². The Labute approximate surface area is 127 Å². The number of rotatable bonds is 5. The van der Waals surface area contributed by atoms with Crippen LogP contribution in [0.5, 0.6) is 0 Å². The fraction of sp³-hybridized carbons (Fsp3) is 0.875. The lowest BCUT2D eigenvalue weighted by Crippen LogP contribution is -2.53. The number of amides is 1. The van der Waals surface area contributed by atoms with E-state index in [-0.39, 0.29) is 47.6 Å². The fourth-order valence-electron chi connectivity index (χ4n) is 3.24. The summed E-state index contributed by atoms with van der Waals surface area (Å²) in [5.41, 5.74) is 5.95. The van der Waals surface area contributed by atoms with Gasteiger partial charge in [0.05, 0.1) is 6.42 Å². The number of carbonyl (C=O) groups excluding carboxylic acids is 1. The molecule has 1 aliphatic rings. The smallest absolute Gasteiger partial charge is 0.305 e. The van der Waals surface area contributed by atoms with Gasteiger partial charge in [-0.15, -0.1) is 0 Å². The number of nitrogens with two attached hydrogens (primary N) is 1. The third kappa shape index (κ3) is 4.19. The van der Waals surface area contributed by atoms with Crippen molar-refractivity contribution in [2.45, 2.75) is 66.0 Å². The molecule has 0 radical (unpaired) electrons. The van der Waals surface area contributed by atoms with Gasteiger partial charge in [0.15, 0.2) is 0 Å². The normalized spacial score (nSPS) is 30.0. The second-order valence-electron chi connectivity index (χ2n) is 7.36. The Balaban J connectivity index is 2.80. The largest absolute Gasteiger partial charge is 0.481 e. The third-order valence-corrected chi connectivity index (χ3v) is 5.35. The second-order valence-corrected chi connectivity index (χ2v) is 7.36. The molecule has 1 saturated carbocycles. The molecule has 0 aromatic heterocycles. The summed E-state index contributed by atoms with van der Waals surface area (Å²) in [6.45, 7) is 10.1. The highest BCUT2D eigenvalue weighted by Gasteiger charge is 2.45. The maximum absolute atomic E-state index is 12.6. The van der Waals surface area contributed by atoms with Crippen molar-refractivity contribution in [1.82, 2.24) is 5.32 Å². The highest BCUT2D eigenvalue weighted by molar-refractivity contribution is 5.80. The van der Waals surface area contributed by atoms with Crippen LogP contribution in [0.15, 0.2) is 0 Å². The van der Waals surface area contributed by atoms with Gasteiger partial charge in [-0.3, -0.25) is 9.59 Å². The van der Waals surface area contributed by atoms with E-state index >= 15 is 0 Å². The molecule has 1 amide bonds. The minimum absolute atomic E-state index is 0.0290. The Morgan fingerprint density at radius 1 is 1.33 bits per heavy atom. The van der Waals surface area contributed by atoms with Crippen molar-refractivity contribution in [2.75, 3.05) is 0 Å². The molecule has 0 saturated heterocycles. The first-order chi connectivity index (χ1) is 9.57. The molecule has 5 heteroatoms. The van der Waals surface area contributed by atoms with E-state index < -0.39 is 5.97 Å². The van der Waals surface area contributed by atoms with Crippen LogP contribution in [0.25, 0.3) is 0 Å². The van der Waals surface area contributed by atoms with E-state index in [0.29, 0.717) is 0 Å². The van der Waals surface area contributed by atoms with Gasteiger partial charge in [0.25, 0.3) is 0 Å². The summed E-state index contributed by atoms with van der Waals surface area (Å²) in [6.07, 6.45) is 1.57. The standard InChI is InChI=1S/C16H30N2O3/c1-9(2)13(8-14(19)20)18-15(21)11-6-7-12(17)10(3)16(11,4)5/h9-13H,6-8,17H2,1-5H3,(H,18,21)(H,19,20). The van der Waals surface area contributed by atoms with Gasteiger partial charge in [-0.25, -0.2) is 0 Å². The minimum atomic E-state index is -0.882. The van der Waals surface area contributed by atoms with Crippen LogP contribution in [0.2, 0.25) is 0 Å². The Morgan fingerprint density at radius 2 is 1.90 bits per heavy atom. The molecule has 5 nitrogen and oxygen atoms in total. The molecular weight excluding hydrogens is 268 g/mol. The molecule has 4 N–H and O–H groups in total. The topological polar surface area (TPSA) is 92.4 Å². The zero-order valence-electron chi connectivity index (χ0n) is 13.8. The predicted octanol–water partition coefficient (Wildman–Crippen LogP) is 2.00. The van der Waals surface area contributed by atoms with Gasteiger partial charge in [0.1, 0.15) is 0 Å². The van der Waals surface area contributed by atoms with Gasteiger partial charge in [-0.1, -0.05) is 34.6 Å². The molecule has 21 heavy (non-hydrogen) atoms. The predicted molar refractivity (Wildman–Crippen MR) is 82.7 cm³/mol. The van der Waals surface area contributed by atoms with Crippen molar-refractivity contribution >= 4 is 11.9 Å². The summed E-state index contributed by atoms with van der Waals surface area (Å²) in [4.78, 5) is 23.5. The molecule has 0 aromatic rings. The molecular formula is C16H30N2O3. The van der Waals surface area contributed by atoms with E-state index in [4.69, 9.17) is 10.8 Å². The van der Waals surface area contributed by atoms with Crippen molar-refractivity contribution in [3.8, 4) is 0 Å². The first-order valence-corrected chi connectivity index (χ1v) is 7.85. The summed E-state index contributed by atoms with van der Waals surface area (Å²) in [7, 11) is 0. The van der Waals surface area contributed by atoms with Gasteiger partial charge >= 0.3 is 5.97 Å². The molecule has 0 bridgehead atoms. The molecule has 1 aliphatic carbocycles. The number of carboxylic acid groups (broad SMARTS) is 1. The minimum Gasteiger partial charge on any atom is -0.481 e. The molecule has 4 unspecified atom stereocenters. The van der Waals surface area contributed by atoms with E-state index in [1.54, 1.807) is 0 Å². The van der Waals surface area contributed by atoms with Gasteiger partial charge in [0, 0.05) is 18.0 Å². The number of nitrogens with one attached hydrogen (secondary N) is 1. The highest BCUT2D eigenvalue weighted by atomic mass is 16.4. The first kappa shape index (κ1) is 18.0. The molecule has 122 valence electrons. The lowest BCUT2D eigenvalue weighted by atomic mass is 9.61. The van der Waals surface area contributed by atoms with Gasteiger partial charge < -0.3 is 16.2 Å². The maximum atomic E-state index is 12.6. The molecule has 0 heterocycles. The summed E-state index contributed by atoms with van der Waals surface area (Å²) in [5, 5.41) is 11.9. The van der Waals surface area contributed by atoms with E-state index in [1.807, 2.05) is 13.8 Å². The number of hydrogen-bond donors (Lipinski definition) is 3. The van der Waals surface area contributed by atoms with Crippen molar-refractivity contribution in [1.29, 1.82) is 0 Å². The number of carbonyl (C=O) groups is 2. The van der Waals surface area contributed by atoms with Crippen LogP contribution in [0, 0.1) is 23.2 Å². The zero-order valence-corrected chi connectivity index (χ0v) is 13.8. The summed E-state index contributed by atoms with van der Waals surface area (Å²) in [5.74, 6) is -0.663. The van der Waals surface area contributed by atoms with Crippen molar-refractivity contribution in [3.63, 3.8) is 0 Å². The molecule has 0 aliphatic heterocycles. The lowest BCUT2D eigenvalue weighted by Gasteiger charge is -2.46. The molecule has 1 fully saturated rings. The SMILES string of the molecule is CC(C)C(CC(=O)O)NC(=O)C1CCC(N)C(C)C1(C)C. The molecule has 0 aromatic carbocycles. The van der Waals surface area contributed by atoms with Crippen LogP contribution in [-0.4, -0.2) is 29.1 Å². The lowest BCUT2D eigenvalue weighted by molar-refractivity contribution is -0.139. The summed E-state index contributed by atoms with van der Waals surface area (Å²) in [6, 6.07) is -0.194. The number of aliphatic carboxylic acids is 1. The van der Waals surface area contributed by atoms with E-state index in [9.17, 15) is 9.59 Å². The maximum Gasteiger partial charge on any atom is 0.305 e. The van der Waals surface area contributed by atoms with Crippen LogP contribution in [-0.2, 0) is 9.59 Å². The first-order valence-electron chi connectivity index (χ1n) is 7.85. The van der Waals surface area contributed by atoms with Crippen LogP contribution >= 0.6 is 0 Å². The van der Waals surface area contributed by atoms with E-state index in [2.05, 4.69) is 26.1 Å². The van der Waals surface area contributed by atoms with Gasteiger partial charge in [-0.05, 0) is 30.1 Å². The zero-order chi connectivity index (χ0) is 16.4. The van der Waals surface area contributed by atoms with Crippen molar-refractivity contribution < 1.29 is 14.7 Å². The Hall–Kier alpha value is -1.10. The van der Waals surface area contributed by atoms with Crippen LogP contribution in [0.4, 0.5) is 0 Å². The number of carboxylic acids is 1. The van der Waals surface area contributed by atoms with Crippen molar-refractivity contribution in [2.24, 2.45) is 28.9 Å². The number of hydrogen-bond acceptors (Lipinski definition) is 3. The van der Waals surface area contributed by atoms with E-state index in [1.165, 1.54) is 0 Å². The van der Waals surface area contributed by atoms with Crippen LogP contribution < -0.4 is 11.1 Å². The van der Waals surface area contributed by atoms with Crippen molar-refractivity contribution in [3.05, 3.63) is 0 Å². The van der Waals surface area contributed by atoms with Gasteiger partial charge in [0.2, 0.25) is 5.91 Å². The highest BCUT2D eigenvalue weighted by Crippen LogP contribution is 2.44. The Morgan fingerprint density at radius 3 is 2.38 bits per heavy atom. The average Bonchev–Trinajstić information content (AvgIpc) is 2.34. The van der Waals surface area contributed by atoms with Gasteiger partial charge in [-0.2, -0.15) is 0 Å². The third-order valence-electron chi connectivity index (χ3n) is 5.35. The Kier molecular flexibility index (Phi) is 5.79. The van der Waals surface area contributed by atoms with E-state index in [0.717, 1.165) is 12.8 Å². The summed E-state index contributed by atoms with van der Waals surface area (Å²) >= 11 is 0.